The molecule has 0 unspecified atom stereocenters. The molecule has 0 spiro atoms. The minimum atomic E-state index is 0. The molecule has 1 heterocycles. The van der Waals surface area contributed by atoms with E-state index in [1.807, 2.05) is 18.2 Å². The van der Waals surface area contributed by atoms with Crippen LogP contribution in [0.1, 0.15) is 18.4 Å². The fraction of sp³-hybridized carbons (Fsp3) is 0.500. The van der Waals surface area contributed by atoms with Crippen molar-refractivity contribution in [3.05, 3.63) is 34.9 Å². The lowest BCUT2D eigenvalue weighted by Crippen LogP contribution is -2.39. The van der Waals surface area contributed by atoms with Crippen molar-refractivity contribution >= 4 is 24.0 Å². The van der Waals surface area contributed by atoms with Gasteiger partial charge in [0, 0.05) is 17.6 Å². The third-order valence-electron chi connectivity index (χ3n) is 2.88. The maximum absolute atomic E-state index is 6.09. The fourth-order valence-electron chi connectivity index (χ4n) is 1.92. The van der Waals surface area contributed by atoms with Crippen LogP contribution in [0.2, 0.25) is 5.02 Å². The van der Waals surface area contributed by atoms with Gasteiger partial charge in [-0.15, -0.1) is 12.4 Å². The molecule has 1 fully saturated rings. The molecule has 0 bridgehead atoms. The smallest absolute Gasteiger partial charge is 0.0450 e. The molecule has 90 valence electrons. The molecule has 0 radical (unpaired) electrons. The number of nitrogens with one attached hydrogen (secondary N) is 2. The van der Waals surface area contributed by atoms with Crippen molar-refractivity contribution in [3.63, 3.8) is 0 Å². The number of rotatable bonds is 3. The number of piperidine rings is 1. The first-order chi connectivity index (χ1) is 7.36. The van der Waals surface area contributed by atoms with E-state index >= 15 is 0 Å². The van der Waals surface area contributed by atoms with Crippen molar-refractivity contribution < 1.29 is 0 Å². The summed E-state index contributed by atoms with van der Waals surface area (Å²) < 4.78 is 0. The zero-order chi connectivity index (χ0) is 10.5. The Bertz CT molecular complexity index is 312. The highest BCUT2D eigenvalue weighted by Crippen LogP contribution is 2.15. The Labute approximate surface area is 108 Å². The Kier molecular flexibility index (Phi) is 6.14. The van der Waals surface area contributed by atoms with Gasteiger partial charge in [0.05, 0.1) is 0 Å². The summed E-state index contributed by atoms with van der Waals surface area (Å²) in [5.41, 5.74) is 1.19. The molecule has 0 aliphatic carbocycles. The molecule has 0 aromatic heterocycles. The van der Waals surface area contributed by atoms with Gasteiger partial charge in [-0.3, -0.25) is 0 Å². The van der Waals surface area contributed by atoms with Gasteiger partial charge in [-0.05, 0) is 37.6 Å². The molecule has 2 N–H and O–H groups in total. The van der Waals surface area contributed by atoms with Crippen LogP contribution >= 0.6 is 24.0 Å². The predicted molar refractivity (Wildman–Crippen MR) is 71.4 cm³/mol. The summed E-state index contributed by atoms with van der Waals surface area (Å²) in [6.45, 7) is 3.13. The van der Waals surface area contributed by atoms with Gasteiger partial charge < -0.3 is 10.6 Å². The van der Waals surface area contributed by atoms with Gasteiger partial charge in [-0.1, -0.05) is 29.8 Å². The van der Waals surface area contributed by atoms with Crippen LogP contribution in [0.4, 0.5) is 0 Å². The molecular weight excluding hydrogens is 243 g/mol. The third kappa shape index (κ3) is 3.95. The fourth-order valence-corrected chi connectivity index (χ4v) is 2.12. The summed E-state index contributed by atoms with van der Waals surface area (Å²) in [5.74, 6) is 0. The Morgan fingerprint density at radius 3 is 2.62 bits per heavy atom. The maximum atomic E-state index is 6.09. The molecule has 1 saturated heterocycles. The lowest BCUT2D eigenvalue weighted by atomic mass is 10.1. The molecule has 4 heteroatoms. The average Bonchev–Trinajstić information content (AvgIpc) is 2.29. The van der Waals surface area contributed by atoms with Gasteiger partial charge in [0.25, 0.3) is 0 Å². The van der Waals surface area contributed by atoms with Crippen LogP contribution < -0.4 is 10.6 Å². The molecule has 16 heavy (non-hydrogen) atoms. The zero-order valence-electron chi connectivity index (χ0n) is 9.21. The zero-order valence-corrected chi connectivity index (χ0v) is 10.8. The minimum Gasteiger partial charge on any atom is -0.317 e. The van der Waals surface area contributed by atoms with E-state index < -0.39 is 0 Å². The molecule has 1 aliphatic rings. The van der Waals surface area contributed by atoms with Crippen LogP contribution in [0.25, 0.3) is 0 Å². The summed E-state index contributed by atoms with van der Waals surface area (Å²) in [4.78, 5) is 0. The second kappa shape index (κ2) is 7.13. The summed E-state index contributed by atoms with van der Waals surface area (Å²) in [6, 6.07) is 8.67. The molecule has 1 aromatic carbocycles. The molecule has 0 saturated carbocycles. The SMILES string of the molecule is Cl.Clc1ccccc1CNC1CCNCC1. The van der Waals surface area contributed by atoms with Gasteiger partial charge in [0.1, 0.15) is 0 Å². The summed E-state index contributed by atoms with van der Waals surface area (Å²) in [6.07, 6.45) is 2.43. The highest BCUT2D eigenvalue weighted by Gasteiger charge is 2.12. The number of hydrogen-bond acceptors (Lipinski definition) is 2. The summed E-state index contributed by atoms with van der Waals surface area (Å²) >= 11 is 6.09. The summed E-state index contributed by atoms with van der Waals surface area (Å²) in [7, 11) is 0. The van der Waals surface area contributed by atoms with E-state index in [1.54, 1.807) is 0 Å². The molecule has 2 nitrogen and oxygen atoms in total. The van der Waals surface area contributed by atoms with Gasteiger partial charge in [-0.25, -0.2) is 0 Å². The highest BCUT2D eigenvalue weighted by atomic mass is 35.5. The number of benzene rings is 1. The first-order valence-corrected chi connectivity index (χ1v) is 5.91. The van der Waals surface area contributed by atoms with Crippen molar-refractivity contribution in [2.45, 2.75) is 25.4 Å². The summed E-state index contributed by atoms with van der Waals surface area (Å²) in [5, 5.41) is 7.77. The molecule has 1 aromatic rings. The quantitative estimate of drug-likeness (QED) is 0.874. The van der Waals surface area contributed by atoms with Crippen molar-refractivity contribution in [1.29, 1.82) is 0 Å². The molecule has 2 rings (SSSR count). The predicted octanol–water partition coefficient (Wildman–Crippen LogP) is 2.60. The molecule has 1 aliphatic heterocycles. The lowest BCUT2D eigenvalue weighted by molar-refractivity contribution is 0.386. The third-order valence-corrected chi connectivity index (χ3v) is 3.25. The van der Waals surface area contributed by atoms with E-state index in [2.05, 4.69) is 16.7 Å². The first-order valence-electron chi connectivity index (χ1n) is 5.54. The van der Waals surface area contributed by atoms with Crippen LogP contribution in [0, 0.1) is 0 Å². The van der Waals surface area contributed by atoms with E-state index in [-0.39, 0.29) is 12.4 Å². The Morgan fingerprint density at radius 1 is 1.25 bits per heavy atom. The van der Waals surface area contributed by atoms with E-state index in [0.717, 1.165) is 24.7 Å². The molecule has 0 atom stereocenters. The molecular formula is C12H18Cl2N2. The van der Waals surface area contributed by atoms with Gasteiger partial charge in [0.2, 0.25) is 0 Å². The van der Waals surface area contributed by atoms with Crippen LogP contribution in [0.5, 0.6) is 0 Å². The van der Waals surface area contributed by atoms with Crippen molar-refractivity contribution in [1.82, 2.24) is 10.6 Å². The lowest BCUT2D eigenvalue weighted by Gasteiger charge is -2.23. The maximum Gasteiger partial charge on any atom is 0.0450 e. The van der Waals surface area contributed by atoms with Crippen LogP contribution in [0.3, 0.4) is 0 Å². The number of hydrogen-bond donors (Lipinski definition) is 2. The van der Waals surface area contributed by atoms with Crippen LogP contribution in [-0.2, 0) is 6.54 Å². The van der Waals surface area contributed by atoms with E-state index in [4.69, 9.17) is 11.6 Å². The Morgan fingerprint density at radius 2 is 1.94 bits per heavy atom. The van der Waals surface area contributed by atoms with Gasteiger partial charge >= 0.3 is 0 Å². The van der Waals surface area contributed by atoms with E-state index in [0.29, 0.717) is 6.04 Å². The largest absolute Gasteiger partial charge is 0.317 e. The van der Waals surface area contributed by atoms with Crippen LogP contribution in [-0.4, -0.2) is 19.1 Å². The van der Waals surface area contributed by atoms with E-state index in [9.17, 15) is 0 Å². The van der Waals surface area contributed by atoms with Crippen molar-refractivity contribution in [2.24, 2.45) is 0 Å². The van der Waals surface area contributed by atoms with Gasteiger partial charge in [-0.2, -0.15) is 0 Å². The molecule has 0 amide bonds. The second-order valence-corrected chi connectivity index (χ2v) is 4.40. The number of halogens is 2. The normalized spacial score (nSPS) is 16.8. The standard InChI is InChI=1S/C12H17ClN2.ClH/c13-12-4-2-1-3-10(12)9-15-11-5-7-14-8-6-11;/h1-4,11,14-15H,5-9H2;1H. The van der Waals surface area contributed by atoms with Crippen molar-refractivity contribution in [3.8, 4) is 0 Å². The van der Waals surface area contributed by atoms with Crippen molar-refractivity contribution in [2.75, 3.05) is 13.1 Å². The average molecular weight is 261 g/mol. The Balaban J connectivity index is 0.00000128. The topological polar surface area (TPSA) is 24.1 Å². The van der Waals surface area contributed by atoms with E-state index in [1.165, 1.54) is 18.4 Å². The highest BCUT2D eigenvalue weighted by molar-refractivity contribution is 6.31. The monoisotopic (exact) mass is 260 g/mol. The van der Waals surface area contributed by atoms with Crippen LogP contribution in [0.15, 0.2) is 24.3 Å². The minimum absolute atomic E-state index is 0. The van der Waals surface area contributed by atoms with Gasteiger partial charge in [0.15, 0.2) is 0 Å². The first kappa shape index (κ1) is 13.8. The Hall–Kier alpha value is -0.280. The second-order valence-electron chi connectivity index (χ2n) is 4.00.